The number of hydrogen-bond acceptors (Lipinski definition) is 3. The monoisotopic (exact) mass is 257 g/mol. The molecule has 1 aromatic rings. The average Bonchev–Trinajstić information content (AvgIpc) is 2.28. The molecule has 0 aromatic carbocycles. The fourth-order valence-electron chi connectivity index (χ4n) is 1.32. The van der Waals surface area contributed by atoms with Crippen molar-refractivity contribution in [3.63, 3.8) is 0 Å². The first-order valence-corrected chi connectivity index (χ1v) is 6.20. The van der Waals surface area contributed by atoms with Crippen LogP contribution in [0, 0.1) is 0 Å². The Balaban J connectivity index is 2.89. The minimum atomic E-state index is -0.0125. The van der Waals surface area contributed by atoms with Gasteiger partial charge in [-0.2, -0.15) is 0 Å². The molecule has 4 heteroatoms. The van der Waals surface area contributed by atoms with Crippen LogP contribution in [0.5, 0.6) is 5.88 Å². The zero-order chi connectivity index (χ0) is 12.9. The summed E-state index contributed by atoms with van der Waals surface area (Å²) in [6.07, 6.45) is 0. The van der Waals surface area contributed by atoms with Gasteiger partial charge in [0, 0.05) is 24.5 Å². The molecule has 0 saturated carbocycles. The molecule has 0 fully saturated rings. The van der Waals surface area contributed by atoms with Gasteiger partial charge in [-0.1, -0.05) is 20.8 Å². The van der Waals surface area contributed by atoms with Gasteiger partial charge in [0.1, 0.15) is 6.61 Å². The maximum Gasteiger partial charge on any atom is 0.213 e. The number of pyridine rings is 1. The second-order valence-electron chi connectivity index (χ2n) is 4.92. The fraction of sp³-hybridized carbons (Fsp3) is 0.615. The number of aromatic nitrogens is 1. The van der Waals surface area contributed by atoms with E-state index in [-0.39, 0.29) is 5.41 Å². The number of halogens is 1. The maximum absolute atomic E-state index is 5.87. The van der Waals surface area contributed by atoms with Gasteiger partial charge in [-0.05, 0) is 11.6 Å². The lowest BCUT2D eigenvalue weighted by atomic mass is 9.91. The summed E-state index contributed by atoms with van der Waals surface area (Å²) in [5.41, 5.74) is 2.00. The van der Waals surface area contributed by atoms with Crippen molar-refractivity contribution in [3.8, 4) is 5.88 Å². The minimum absolute atomic E-state index is 0.0125. The van der Waals surface area contributed by atoms with Gasteiger partial charge in [-0.3, -0.25) is 0 Å². The number of hydrogen-bond donors (Lipinski definition) is 0. The second kappa shape index (κ2) is 6.22. The molecule has 0 unspecified atom stereocenters. The van der Waals surface area contributed by atoms with Crippen LogP contribution in [0.4, 0.5) is 0 Å². The lowest BCUT2D eigenvalue weighted by molar-refractivity contribution is 0.143. The second-order valence-corrected chi connectivity index (χ2v) is 5.19. The van der Waals surface area contributed by atoms with Crippen LogP contribution in [0.2, 0.25) is 0 Å². The van der Waals surface area contributed by atoms with Crippen molar-refractivity contribution in [2.24, 2.45) is 0 Å². The smallest absolute Gasteiger partial charge is 0.213 e. The molecule has 0 bridgehead atoms. The summed E-state index contributed by atoms with van der Waals surface area (Å²) in [6.45, 7) is 7.40. The molecule has 0 aliphatic heterocycles. The van der Waals surface area contributed by atoms with Crippen molar-refractivity contribution in [1.82, 2.24) is 4.98 Å². The molecule has 96 valence electrons. The molecule has 17 heavy (non-hydrogen) atoms. The van der Waals surface area contributed by atoms with Crippen LogP contribution < -0.4 is 4.74 Å². The van der Waals surface area contributed by atoms with E-state index in [0.29, 0.717) is 25.0 Å². The minimum Gasteiger partial charge on any atom is -0.475 e. The fourth-order valence-corrected chi connectivity index (χ4v) is 1.48. The molecule has 3 nitrogen and oxygen atoms in total. The molecule has 0 atom stereocenters. The zero-order valence-corrected chi connectivity index (χ0v) is 11.7. The topological polar surface area (TPSA) is 31.4 Å². The Morgan fingerprint density at radius 2 is 1.94 bits per heavy atom. The van der Waals surface area contributed by atoms with Gasteiger partial charge in [0.25, 0.3) is 0 Å². The van der Waals surface area contributed by atoms with Gasteiger partial charge in [0.15, 0.2) is 0 Å². The van der Waals surface area contributed by atoms with E-state index in [1.54, 1.807) is 7.11 Å². The molecule has 1 aromatic heterocycles. The molecular formula is C13H20ClNO2. The van der Waals surface area contributed by atoms with E-state index in [4.69, 9.17) is 21.1 Å². The molecule has 0 radical (unpaired) electrons. The molecule has 0 saturated heterocycles. The number of methoxy groups -OCH3 is 1. The molecule has 0 amide bonds. The summed E-state index contributed by atoms with van der Waals surface area (Å²) < 4.78 is 10.5. The quantitative estimate of drug-likeness (QED) is 0.600. The first-order valence-electron chi connectivity index (χ1n) is 5.66. The van der Waals surface area contributed by atoms with Crippen LogP contribution >= 0.6 is 11.6 Å². The third kappa shape index (κ3) is 4.52. The van der Waals surface area contributed by atoms with Gasteiger partial charge in [-0.25, -0.2) is 4.98 Å². The zero-order valence-electron chi connectivity index (χ0n) is 10.9. The van der Waals surface area contributed by atoms with Gasteiger partial charge < -0.3 is 9.47 Å². The predicted molar refractivity (Wildman–Crippen MR) is 69.9 cm³/mol. The van der Waals surface area contributed by atoms with Gasteiger partial charge in [0.2, 0.25) is 5.88 Å². The van der Waals surface area contributed by atoms with Crippen molar-refractivity contribution in [1.29, 1.82) is 0 Å². The highest BCUT2D eigenvalue weighted by Gasteiger charge is 2.17. The number of alkyl halides is 1. The van der Waals surface area contributed by atoms with Crippen LogP contribution in [-0.4, -0.2) is 25.3 Å². The predicted octanol–water partition coefficient (Wildman–Crippen LogP) is 3.14. The largest absolute Gasteiger partial charge is 0.475 e. The summed E-state index contributed by atoms with van der Waals surface area (Å²) in [5.74, 6) is 1.08. The molecule has 0 aliphatic carbocycles. The van der Waals surface area contributed by atoms with Crippen molar-refractivity contribution < 1.29 is 9.47 Å². The highest BCUT2D eigenvalue weighted by molar-refractivity contribution is 6.17. The van der Waals surface area contributed by atoms with Crippen LogP contribution in [0.25, 0.3) is 0 Å². The van der Waals surface area contributed by atoms with Crippen molar-refractivity contribution in [2.75, 3.05) is 20.3 Å². The number of ether oxygens (including phenoxy) is 2. The molecular weight excluding hydrogens is 238 g/mol. The van der Waals surface area contributed by atoms with E-state index < -0.39 is 0 Å². The third-order valence-electron chi connectivity index (χ3n) is 2.32. The molecule has 0 aliphatic rings. The third-order valence-corrected chi connectivity index (χ3v) is 2.63. The Hall–Kier alpha value is -0.800. The van der Waals surface area contributed by atoms with Crippen LogP contribution in [-0.2, 0) is 16.0 Å². The summed E-state index contributed by atoms with van der Waals surface area (Å²) >= 11 is 5.87. The van der Waals surface area contributed by atoms with Crippen molar-refractivity contribution in [2.45, 2.75) is 32.1 Å². The standard InChI is InChI=1S/C13H20ClNO2/c1-13(2,3)11-7-10(9-14)8-12(15-11)17-6-5-16-4/h7-8H,5-6,9H2,1-4H3. The molecule has 0 N–H and O–H groups in total. The summed E-state index contributed by atoms with van der Waals surface area (Å²) in [7, 11) is 1.65. The highest BCUT2D eigenvalue weighted by Crippen LogP contribution is 2.24. The SMILES string of the molecule is COCCOc1cc(CCl)cc(C(C)(C)C)n1. The summed E-state index contributed by atoms with van der Waals surface area (Å²) in [5, 5.41) is 0. The maximum atomic E-state index is 5.87. The first kappa shape index (κ1) is 14.3. The normalized spacial score (nSPS) is 11.6. The Bertz CT molecular complexity index is 361. The van der Waals surface area contributed by atoms with Crippen molar-refractivity contribution >= 4 is 11.6 Å². The van der Waals surface area contributed by atoms with E-state index in [0.717, 1.165) is 11.3 Å². The van der Waals surface area contributed by atoms with E-state index in [2.05, 4.69) is 25.8 Å². The van der Waals surface area contributed by atoms with E-state index in [9.17, 15) is 0 Å². The van der Waals surface area contributed by atoms with E-state index in [1.165, 1.54) is 0 Å². The van der Waals surface area contributed by atoms with E-state index >= 15 is 0 Å². The van der Waals surface area contributed by atoms with Gasteiger partial charge in [-0.15, -0.1) is 11.6 Å². The Morgan fingerprint density at radius 1 is 1.24 bits per heavy atom. The van der Waals surface area contributed by atoms with Crippen LogP contribution in [0.1, 0.15) is 32.0 Å². The van der Waals surface area contributed by atoms with Gasteiger partial charge in [0.05, 0.1) is 12.3 Å². The van der Waals surface area contributed by atoms with E-state index in [1.807, 2.05) is 12.1 Å². The number of nitrogens with zero attached hydrogens (tertiary/aromatic N) is 1. The average molecular weight is 258 g/mol. The molecule has 0 spiro atoms. The van der Waals surface area contributed by atoms with Crippen LogP contribution in [0.15, 0.2) is 12.1 Å². The molecule has 1 rings (SSSR count). The lowest BCUT2D eigenvalue weighted by Crippen LogP contribution is -2.15. The highest BCUT2D eigenvalue weighted by atomic mass is 35.5. The lowest BCUT2D eigenvalue weighted by Gasteiger charge is -2.19. The van der Waals surface area contributed by atoms with Gasteiger partial charge >= 0.3 is 0 Å². The van der Waals surface area contributed by atoms with Crippen LogP contribution in [0.3, 0.4) is 0 Å². The summed E-state index contributed by atoms with van der Waals surface area (Å²) in [6, 6.07) is 3.90. The Morgan fingerprint density at radius 3 is 2.47 bits per heavy atom. The molecule has 1 heterocycles. The first-order chi connectivity index (χ1) is 7.97. The Kier molecular flexibility index (Phi) is 5.22. The Labute approximate surface area is 108 Å². The number of rotatable bonds is 5. The summed E-state index contributed by atoms with van der Waals surface area (Å²) in [4.78, 5) is 4.49. The van der Waals surface area contributed by atoms with Crippen molar-refractivity contribution in [3.05, 3.63) is 23.4 Å².